The molecule has 0 atom stereocenters. The second-order valence-electron chi connectivity index (χ2n) is 9.47. The summed E-state index contributed by atoms with van der Waals surface area (Å²) in [4.78, 5) is 25.5. The highest BCUT2D eigenvalue weighted by molar-refractivity contribution is 6.26. The number of aliphatic imine (C=N–C) groups is 6. The van der Waals surface area contributed by atoms with Gasteiger partial charge >= 0.3 is 0 Å². The zero-order chi connectivity index (χ0) is 27.1. The lowest BCUT2D eigenvalue weighted by Crippen LogP contribution is -2.01. The second kappa shape index (κ2) is 9.71. The van der Waals surface area contributed by atoms with Crippen molar-refractivity contribution < 1.29 is 0 Å². The summed E-state index contributed by atoms with van der Waals surface area (Å²) in [5.74, 6) is 2.84. The highest BCUT2D eigenvalue weighted by atomic mass is 15.0. The van der Waals surface area contributed by atoms with Gasteiger partial charge in [0.25, 0.3) is 0 Å². The van der Waals surface area contributed by atoms with Gasteiger partial charge in [0.05, 0.1) is 0 Å². The van der Waals surface area contributed by atoms with Gasteiger partial charge in [0.15, 0.2) is 23.3 Å². The van der Waals surface area contributed by atoms with Crippen molar-refractivity contribution in [1.29, 1.82) is 0 Å². The van der Waals surface area contributed by atoms with Crippen LogP contribution in [-0.2, 0) is 0 Å². The molecule has 0 fully saturated rings. The quantitative estimate of drug-likeness (QED) is 0.245. The Morgan fingerprint density at radius 1 is 0.632 bits per heavy atom. The molecule has 0 saturated carbocycles. The molecule has 38 heavy (non-hydrogen) atoms. The minimum absolute atomic E-state index is 0.670. The van der Waals surface area contributed by atoms with Crippen LogP contribution in [0.25, 0.3) is 21.5 Å². The molecule has 0 N–H and O–H groups in total. The number of benzene rings is 4. The number of hydrogen-bond donors (Lipinski definition) is 0. The van der Waals surface area contributed by atoms with Gasteiger partial charge in [0.1, 0.15) is 0 Å². The van der Waals surface area contributed by atoms with Crippen molar-refractivity contribution in [2.45, 2.75) is 27.7 Å². The fourth-order valence-electron chi connectivity index (χ4n) is 5.56. The molecule has 188 valence electrons. The van der Waals surface area contributed by atoms with Crippen LogP contribution in [-0.4, -0.2) is 50.9 Å². The van der Waals surface area contributed by atoms with Crippen molar-refractivity contribution in [2.24, 2.45) is 30.0 Å². The molecule has 0 aliphatic carbocycles. The molecule has 4 aromatic carbocycles. The van der Waals surface area contributed by atoms with E-state index in [0.29, 0.717) is 11.7 Å². The first-order valence-corrected chi connectivity index (χ1v) is 12.5. The van der Waals surface area contributed by atoms with Crippen LogP contribution in [0.15, 0.2) is 78.5 Å². The Morgan fingerprint density at radius 2 is 1.29 bits per heavy atom. The Hall–Kier alpha value is -4.58. The van der Waals surface area contributed by atoms with Crippen molar-refractivity contribution in [3.05, 3.63) is 93.0 Å². The summed E-state index contributed by atoms with van der Waals surface area (Å²) in [7, 11) is 3.51. The molecule has 0 saturated heterocycles. The molecular weight excluding hydrogens is 468 g/mol. The maximum absolute atomic E-state index is 4.44. The molecule has 4 aromatic rings. The Labute approximate surface area is 223 Å². The minimum Gasteiger partial charge on any atom is -0.270 e. The third-order valence-electron chi connectivity index (χ3n) is 7.36. The first kappa shape index (κ1) is 25.1. The Bertz CT molecular complexity index is 1800. The Kier molecular flexibility index (Phi) is 6.41. The van der Waals surface area contributed by atoms with Crippen LogP contribution in [0.4, 0.5) is 0 Å². The molecule has 0 unspecified atom stereocenters. The monoisotopic (exact) mass is 498 g/mol. The normalized spacial score (nSPS) is 15.7. The van der Waals surface area contributed by atoms with E-state index in [9.17, 15) is 0 Å². The first-order valence-electron chi connectivity index (χ1n) is 12.5. The molecule has 0 spiro atoms. The number of hydrogen-bond acceptors (Lipinski definition) is 4. The van der Waals surface area contributed by atoms with Crippen molar-refractivity contribution >= 4 is 58.3 Å². The van der Waals surface area contributed by atoms with Crippen LogP contribution in [0, 0.1) is 27.7 Å². The third kappa shape index (κ3) is 3.80. The molecule has 6 rings (SSSR count). The van der Waals surface area contributed by atoms with Crippen LogP contribution in [0.5, 0.6) is 0 Å². The van der Waals surface area contributed by atoms with Gasteiger partial charge in [0, 0.05) is 36.3 Å². The Balaban J connectivity index is 0.000000155. The summed E-state index contributed by atoms with van der Waals surface area (Å²) in [5.41, 5.74) is 9.18. The minimum atomic E-state index is 0.670. The zero-order valence-corrected chi connectivity index (χ0v) is 22.7. The number of rotatable bonds is 0. The molecular formula is C32H30N6. The SMILES string of the molecule is C=NC1=NC(=NC)c2c1cc1c(C)cccc1c2C.C=NC1=NC(=NC)c2cc3cccc(C)c3c(C)c21. The highest BCUT2D eigenvalue weighted by Gasteiger charge is 2.25. The van der Waals surface area contributed by atoms with E-state index >= 15 is 0 Å². The van der Waals surface area contributed by atoms with E-state index in [2.05, 4.69) is 120 Å². The summed E-state index contributed by atoms with van der Waals surface area (Å²) >= 11 is 0. The maximum atomic E-state index is 4.44. The number of amidine groups is 4. The van der Waals surface area contributed by atoms with Crippen LogP contribution in [0.2, 0.25) is 0 Å². The molecule has 2 aliphatic rings. The summed E-state index contributed by atoms with van der Waals surface area (Å²) in [6, 6.07) is 17.0. The lowest BCUT2D eigenvalue weighted by atomic mass is 9.93. The standard InChI is InChI=1S/2C16H15N3/c1-9-6-5-7-11-10(2)14-13(8-12(9)11)15(17-3)19-16(14)18-4;1-9-6-5-7-11-8-12-14(10(2)13(9)11)16(18-4)19-15(12)17-3/h5-8H,3H2,1-2,4H3;5-8H,4H2,1-3H3. The van der Waals surface area contributed by atoms with Gasteiger partial charge in [-0.15, -0.1) is 0 Å². The lowest BCUT2D eigenvalue weighted by Gasteiger charge is -2.11. The topological polar surface area (TPSA) is 74.2 Å². The van der Waals surface area contributed by atoms with Gasteiger partial charge in [-0.1, -0.05) is 36.4 Å². The van der Waals surface area contributed by atoms with E-state index in [4.69, 9.17) is 0 Å². The van der Waals surface area contributed by atoms with Gasteiger partial charge < -0.3 is 0 Å². The molecule has 0 amide bonds. The van der Waals surface area contributed by atoms with E-state index in [0.717, 1.165) is 33.9 Å². The Morgan fingerprint density at radius 3 is 1.97 bits per heavy atom. The first-order chi connectivity index (χ1) is 18.3. The molecule has 0 radical (unpaired) electrons. The van der Waals surface area contributed by atoms with E-state index in [1.54, 1.807) is 14.1 Å². The van der Waals surface area contributed by atoms with E-state index < -0.39 is 0 Å². The van der Waals surface area contributed by atoms with E-state index in [1.807, 2.05) is 0 Å². The van der Waals surface area contributed by atoms with Crippen molar-refractivity contribution in [3.8, 4) is 0 Å². The summed E-state index contributed by atoms with van der Waals surface area (Å²) in [5, 5.41) is 4.99. The fourth-order valence-corrected chi connectivity index (χ4v) is 5.56. The molecule has 0 bridgehead atoms. The third-order valence-corrected chi connectivity index (χ3v) is 7.36. The van der Waals surface area contributed by atoms with Crippen molar-refractivity contribution in [3.63, 3.8) is 0 Å². The second-order valence-corrected chi connectivity index (χ2v) is 9.47. The number of fused-ring (bicyclic) bond motifs is 4. The molecule has 6 nitrogen and oxygen atoms in total. The molecule has 2 heterocycles. The van der Waals surface area contributed by atoms with Crippen molar-refractivity contribution in [2.75, 3.05) is 14.1 Å². The zero-order valence-electron chi connectivity index (χ0n) is 22.7. The van der Waals surface area contributed by atoms with Gasteiger partial charge in [-0.2, -0.15) is 0 Å². The van der Waals surface area contributed by atoms with Gasteiger partial charge in [-0.3, -0.25) is 9.98 Å². The average Bonchev–Trinajstić information content (AvgIpc) is 3.48. The molecule has 6 heteroatoms. The van der Waals surface area contributed by atoms with Crippen LogP contribution >= 0.6 is 0 Å². The van der Waals surface area contributed by atoms with E-state index in [-0.39, 0.29) is 0 Å². The van der Waals surface area contributed by atoms with Gasteiger partial charge in [0.2, 0.25) is 0 Å². The lowest BCUT2D eigenvalue weighted by molar-refractivity contribution is 1.38. The predicted octanol–water partition coefficient (Wildman–Crippen LogP) is 6.59. The van der Waals surface area contributed by atoms with E-state index in [1.165, 1.54) is 43.8 Å². The van der Waals surface area contributed by atoms with Crippen molar-refractivity contribution in [1.82, 2.24) is 0 Å². The predicted molar refractivity (Wildman–Crippen MR) is 164 cm³/mol. The average molecular weight is 499 g/mol. The summed E-state index contributed by atoms with van der Waals surface area (Å²) in [6.07, 6.45) is 0. The molecule has 0 aromatic heterocycles. The highest BCUT2D eigenvalue weighted by Crippen LogP contribution is 2.33. The smallest absolute Gasteiger partial charge is 0.162 e. The van der Waals surface area contributed by atoms with Crippen LogP contribution < -0.4 is 0 Å². The fraction of sp³-hybridized carbons (Fsp3) is 0.188. The maximum Gasteiger partial charge on any atom is 0.162 e. The molecule has 2 aliphatic heterocycles. The largest absolute Gasteiger partial charge is 0.270 e. The number of nitrogens with zero attached hydrogens (tertiary/aromatic N) is 6. The van der Waals surface area contributed by atoms with Gasteiger partial charge in [-0.25, -0.2) is 20.0 Å². The summed E-state index contributed by atoms with van der Waals surface area (Å²) in [6.45, 7) is 15.7. The number of aryl methyl sites for hydroxylation is 4. The van der Waals surface area contributed by atoms with Crippen LogP contribution in [0.3, 0.4) is 0 Å². The van der Waals surface area contributed by atoms with Gasteiger partial charge in [-0.05, 0) is 97.1 Å². The van der Waals surface area contributed by atoms with Crippen LogP contribution in [0.1, 0.15) is 44.5 Å². The summed E-state index contributed by atoms with van der Waals surface area (Å²) < 4.78 is 0.